The lowest BCUT2D eigenvalue weighted by molar-refractivity contribution is 0.222. The first-order chi connectivity index (χ1) is 10.6. The second-order valence-corrected chi connectivity index (χ2v) is 6.24. The van der Waals surface area contributed by atoms with Crippen molar-refractivity contribution in [1.82, 2.24) is 19.7 Å². The maximum atomic E-state index is 9.59. The van der Waals surface area contributed by atoms with E-state index in [9.17, 15) is 5.26 Å². The molecule has 2 aliphatic rings. The van der Waals surface area contributed by atoms with Gasteiger partial charge in [0, 0.05) is 54.1 Å². The van der Waals surface area contributed by atoms with Crippen LogP contribution < -0.4 is 5.73 Å². The highest BCUT2D eigenvalue weighted by Gasteiger charge is 2.41. The quantitative estimate of drug-likeness (QED) is 0.864. The van der Waals surface area contributed by atoms with Gasteiger partial charge in [-0.3, -0.25) is 9.58 Å². The van der Waals surface area contributed by atoms with Gasteiger partial charge in [-0.1, -0.05) is 0 Å². The molecule has 1 saturated heterocycles. The lowest BCUT2D eigenvalue weighted by atomic mass is 9.88. The maximum Gasteiger partial charge on any atom is 0.142 e. The Morgan fingerprint density at radius 1 is 1.36 bits per heavy atom. The van der Waals surface area contributed by atoms with Gasteiger partial charge in [0.2, 0.25) is 0 Å². The molecule has 0 aliphatic carbocycles. The van der Waals surface area contributed by atoms with Gasteiger partial charge in [-0.25, -0.2) is 4.98 Å². The molecule has 4 heterocycles. The van der Waals surface area contributed by atoms with Crippen LogP contribution in [0.5, 0.6) is 0 Å². The predicted molar refractivity (Wildman–Crippen MR) is 82.8 cm³/mol. The lowest BCUT2D eigenvalue weighted by Gasteiger charge is -2.34. The molecule has 0 saturated carbocycles. The smallest absolute Gasteiger partial charge is 0.142 e. The Hall–Kier alpha value is -2.39. The summed E-state index contributed by atoms with van der Waals surface area (Å²) < 4.78 is 1.75. The van der Waals surface area contributed by atoms with Gasteiger partial charge < -0.3 is 5.73 Å². The number of hydrogen-bond donors (Lipinski definition) is 1. The highest BCUT2D eigenvalue weighted by Crippen LogP contribution is 2.47. The molecule has 112 valence electrons. The Morgan fingerprint density at radius 3 is 2.86 bits per heavy atom. The van der Waals surface area contributed by atoms with Crippen molar-refractivity contribution in [3.05, 3.63) is 29.2 Å². The molecular formula is C16H18N6. The largest absolute Gasteiger partial charge is 0.383 e. The third kappa shape index (κ3) is 1.69. The molecule has 22 heavy (non-hydrogen) atoms. The summed E-state index contributed by atoms with van der Waals surface area (Å²) in [5.74, 6) is 0.337. The van der Waals surface area contributed by atoms with E-state index in [1.807, 2.05) is 13.2 Å². The summed E-state index contributed by atoms with van der Waals surface area (Å²) >= 11 is 0. The summed E-state index contributed by atoms with van der Waals surface area (Å²) in [6.45, 7) is 0. The number of fused-ring (bicyclic) bond motifs is 4. The van der Waals surface area contributed by atoms with E-state index < -0.39 is 0 Å². The van der Waals surface area contributed by atoms with Gasteiger partial charge in [0.25, 0.3) is 0 Å². The van der Waals surface area contributed by atoms with Crippen LogP contribution in [0.15, 0.2) is 12.4 Å². The number of nitriles is 1. The first-order valence-corrected chi connectivity index (χ1v) is 7.53. The van der Waals surface area contributed by atoms with Crippen molar-refractivity contribution < 1.29 is 0 Å². The van der Waals surface area contributed by atoms with Crippen molar-refractivity contribution in [2.45, 2.75) is 31.3 Å². The minimum absolute atomic E-state index is 0.323. The number of aromatic nitrogens is 3. The third-order valence-corrected chi connectivity index (χ3v) is 5.05. The predicted octanol–water partition coefficient (Wildman–Crippen LogP) is 1.63. The third-order valence-electron chi connectivity index (χ3n) is 5.05. The molecule has 2 atom stereocenters. The number of rotatable bonds is 1. The molecule has 0 spiro atoms. The van der Waals surface area contributed by atoms with Gasteiger partial charge in [-0.05, 0) is 19.9 Å². The Kier molecular flexibility index (Phi) is 2.75. The normalized spacial score (nSPS) is 23.3. The Morgan fingerprint density at radius 2 is 2.18 bits per heavy atom. The molecule has 1 fully saturated rings. The summed E-state index contributed by atoms with van der Waals surface area (Å²) in [4.78, 5) is 6.97. The summed E-state index contributed by atoms with van der Waals surface area (Å²) in [6.07, 6.45) is 6.93. The van der Waals surface area contributed by atoms with Crippen LogP contribution in [0.4, 0.5) is 5.82 Å². The van der Waals surface area contributed by atoms with Crippen molar-refractivity contribution in [1.29, 1.82) is 5.26 Å². The van der Waals surface area contributed by atoms with Crippen LogP contribution in [0, 0.1) is 11.3 Å². The molecule has 0 amide bonds. The first kappa shape index (κ1) is 13.3. The van der Waals surface area contributed by atoms with Crippen LogP contribution in [0.25, 0.3) is 11.1 Å². The van der Waals surface area contributed by atoms with Crippen LogP contribution >= 0.6 is 0 Å². The van der Waals surface area contributed by atoms with Crippen LogP contribution in [0.2, 0.25) is 0 Å². The molecular weight excluding hydrogens is 276 g/mol. The zero-order valence-electron chi connectivity index (χ0n) is 12.7. The van der Waals surface area contributed by atoms with E-state index in [4.69, 9.17) is 5.73 Å². The van der Waals surface area contributed by atoms with Gasteiger partial charge in [-0.15, -0.1) is 0 Å². The standard InChI is InChI=1S/C16H18N6/c1-21-8-9(7-19-21)14-11(6-17)16(18)20-12-5-10-3-4-13(15(12)14)22(10)2/h7-8,10,13H,3-5H2,1-2H3,(H2,18,20)/t10-,13+/m0/s1. The molecule has 2 aromatic heterocycles. The van der Waals surface area contributed by atoms with Gasteiger partial charge in [0.05, 0.1) is 6.20 Å². The molecule has 2 aromatic rings. The van der Waals surface area contributed by atoms with E-state index in [-0.39, 0.29) is 0 Å². The van der Waals surface area contributed by atoms with Gasteiger partial charge in [0.15, 0.2) is 0 Å². The van der Waals surface area contributed by atoms with Gasteiger partial charge in [-0.2, -0.15) is 10.4 Å². The second kappa shape index (κ2) is 4.55. The van der Waals surface area contributed by atoms with Crippen molar-refractivity contribution in [2.75, 3.05) is 12.8 Å². The number of nitrogen functional groups attached to an aromatic ring is 1. The summed E-state index contributed by atoms with van der Waals surface area (Å²) in [5, 5.41) is 13.9. The van der Waals surface area contributed by atoms with E-state index >= 15 is 0 Å². The number of nitrogens with zero attached hydrogens (tertiary/aromatic N) is 5. The molecule has 6 nitrogen and oxygen atoms in total. The van der Waals surface area contributed by atoms with Crippen LogP contribution in [0.1, 0.15) is 35.7 Å². The molecule has 0 aromatic carbocycles. The number of aryl methyl sites for hydroxylation is 1. The first-order valence-electron chi connectivity index (χ1n) is 7.53. The van der Waals surface area contributed by atoms with Crippen molar-refractivity contribution >= 4 is 5.82 Å². The fourth-order valence-corrected chi connectivity index (χ4v) is 3.98. The molecule has 2 bridgehead atoms. The maximum absolute atomic E-state index is 9.59. The van der Waals surface area contributed by atoms with E-state index in [1.165, 1.54) is 12.0 Å². The molecule has 2 N–H and O–H groups in total. The second-order valence-electron chi connectivity index (χ2n) is 6.24. The Bertz CT molecular complexity index is 800. The molecule has 6 heteroatoms. The monoisotopic (exact) mass is 294 g/mol. The fourth-order valence-electron chi connectivity index (χ4n) is 3.98. The number of pyridine rings is 1. The van der Waals surface area contributed by atoms with Crippen LogP contribution in [0.3, 0.4) is 0 Å². The van der Waals surface area contributed by atoms with Crippen molar-refractivity contribution in [3.63, 3.8) is 0 Å². The minimum Gasteiger partial charge on any atom is -0.383 e. The Balaban J connectivity index is 2.04. The van der Waals surface area contributed by atoms with Crippen molar-refractivity contribution in [3.8, 4) is 17.2 Å². The van der Waals surface area contributed by atoms with Crippen LogP contribution in [-0.2, 0) is 13.5 Å². The van der Waals surface area contributed by atoms with E-state index in [0.29, 0.717) is 23.5 Å². The summed E-state index contributed by atoms with van der Waals surface area (Å²) in [5.41, 5.74) is 10.7. The van der Waals surface area contributed by atoms with E-state index in [1.54, 1.807) is 10.9 Å². The average Bonchev–Trinajstić information content (AvgIpc) is 3.00. The minimum atomic E-state index is 0.323. The highest BCUT2D eigenvalue weighted by atomic mass is 15.2. The molecule has 0 unspecified atom stereocenters. The Labute approximate surface area is 129 Å². The van der Waals surface area contributed by atoms with Crippen LogP contribution in [-0.4, -0.2) is 32.8 Å². The molecule has 2 aliphatic heterocycles. The zero-order valence-corrected chi connectivity index (χ0v) is 12.7. The summed E-state index contributed by atoms with van der Waals surface area (Å²) in [7, 11) is 4.05. The van der Waals surface area contributed by atoms with Gasteiger partial charge >= 0.3 is 0 Å². The number of likely N-dealkylation sites (N-methyl/N-ethyl adjacent to an activating group) is 1. The van der Waals surface area contributed by atoms with E-state index in [2.05, 4.69) is 28.1 Å². The van der Waals surface area contributed by atoms with E-state index in [0.717, 1.165) is 29.7 Å². The van der Waals surface area contributed by atoms with Gasteiger partial charge in [0.1, 0.15) is 17.5 Å². The summed E-state index contributed by atoms with van der Waals surface area (Å²) in [6, 6.07) is 3.12. The number of hydrogen-bond acceptors (Lipinski definition) is 5. The fraction of sp³-hybridized carbons (Fsp3) is 0.438. The lowest BCUT2D eigenvalue weighted by Crippen LogP contribution is -2.35. The molecule has 0 radical (unpaired) electrons. The SMILES string of the molecule is CN1[C@H]2CC[C@@H]1c1c(nc(N)c(C#N)c1-c1cnn(C)c1)C2. The van der Waals surface area contributed by atoms with Crippen molar-refractivity contribution in [2.24, 2.45) is 7.05 Å². The highest BCUT2D eigenvalue weighted by molar-refractivity contribution is 5.79. The topological polar surface area (TPSA) is 83.8 Å². The number of anilines is 1. The molecule has 4 rings (SSSR count). The number of nitrogens with two attached hydrogens (primary N) is 1. The zero-order chi connectivity index (χ0) is 15.4. The average molecular weight is 294 g/mol.